The fourth-order valence-corrected chi connectivity index (χ4v) is 9.83. The summed E-state index contributed by atoms with van der Waals surface area (Å²) in [7, 11) is 0. The van der Waals surface area contributed by atoms with Crippen molar-refractivity contribution in [2.24, 2.45) is 0 Å². The molecule has 23 heteroatoms. The Balaban J connectivity index is 0.802. The molecule has 0 unspecified atom stereocenters. The minimum Gasteiger partial charge on any atom is -0.388 e. The third kappa shape index (κ3) is 9.19. The maximum absolute atomic E-state index is 13.1. The van der Waals surface area contributed by atoms with Gasteiger partial charge in [-0.2, -0.15) is 19.9 Å². The van der Waals surface area contributed by atoms with Gasteiger partial charge in [0, 0.05) is 37.0 Å². The van der Waals surface area contributed by atoms with Crippen LogP contribution in [0, 0.1) is 0 Å². The molecule has 4 amide bonds. The van der Waals surface area contributed by atoms with Crippen molar-refractivity contribution in [2.75, 3.05) is 10.6 Å². The first-order valence-electron chi connectivity index (χ1n) is 21.5. The van der Waals surface area contributed by atoms with Crippen molar-refractivity contribution >= 4 is 75.0 Å². The Morgan fingerprint density at radius 2 is 0.952 bits per heavy atom. The van der Waals surface area contributed by atoms with Gasteiger partial charge in [-0.1, -0.05) is 13.8 Å². The van der Waals surface area contributed by atoms with Crippen molar-refractivity contribution in [3.63, 3.8) is 0 Å². The summed E-state index contributed by atoms with van der Waals surface area (Å²) < 4.78 is 3.35. The van der Waals surface area contributed by atoms with Gasteiger partial charge in [0.15, 0.2) is 34.0 Å². The summed E-state index contributed by atoms with van der Waals surface area (Å²) in [6.07, 6.45) is 5.62. The van der Waals surface area contributed by atoms with Crippen LogP contribution in [-0.2, 0) is 9.59 Å². The molecule has 8 atom stereocenters. The van der Waals surface area contributed by atoms with E-state index in [-0.39, 0.29) is 78.3 Å². The van der Waals surface area contributed by atoms with Crippen LogP contribution in [0.4, 0.5) is 16.4 Å². The number of hydrogen-bond donors (Lipinski definition) is 10. The number of urea groups is 1. The Hall–Kier alpha value is -4.67. The minimum absolute atomic E-state index is 0.00298. The summed E-state index contributed by atoms with van der Waals surface area (Å²) in [5.74, 6) is 0.494. The van der Waals surface area contributed by atoms with Crippen LogP contribution in [0.25, 0.3) is 22.3 Å². The lowest BCUT2D eigenvalue weighted by Crippen LogP contribution is -2.49. The molecule has 10 N–H and O–H groups in total. The zero-order valence-corrected chi connectivity index (χ0v) is 35.9. The molecule has 336 valence electrons. The molecular weight excluding hydrogens is 847 g/mol. The fraction of sp³-hybridized carbons (Fsp3) is 0.667. The van der Waals surface area contributed by atoms with E-state index in [0.29, 0.717) is 34.0 Å². The molecule has 4 fully saturated rings. The van der Waals surface area contributed by atoms with Crippen molar-refractivity contribution in [3.05, 3.63) is 23.2 Å². The molecule has 4 aromatic rings. The molecule has 0 bridgehead atoms. The molecule has 0 spiro atoms. The highest BCUT2D eigenvalue weighted by molar-refractivity contribution is 6.29. The zero-order chi connectivity index (χ0) is 43.8. The van der Waals surface area contributed by atoms with Crippen LogP contribution in [0.1, 0.15) is 103 Å². The van der Waals surface area contributed by atoms with Crippen LogP contribution >= 0.6 is 23.2 Å². The molecule has 8 rings (SSSR count). The lowest BCUT2D eigenvalue weighted by molar-refractivity contribution is -0.123. The molecule has 0 aromatic carbocycles. The lowest BCUT2D eigenvalue weighted by Gasteiger charge is -2.32. The highest BCUT2D eigenvalue weighted by Crippen LogP contribution is 2.37. The summed E-state index contributed by atoms with van der Waals surface area (Å²) in [5.41, 5.74) is 1.76. The number of rotatable bonds is 12. The molecule has 0 radical (unpaired) electrons. The molecular formula is C39H54Cl2N14O7. The van der Waals surface area contributed by atoms with Crippen molar-refractivity contribution in [1.82, 2.24) is 60.3 Å². The number of aliphatic hydroxyl groups excluding tert-OH is 4. The number of hydrogen-bond acceptors (Lipinski definition) is 15. The first-order chi connectivity index (χ1) is 29.8. The number of halogens is 2. The molecule has 62 heavy (non-hydrogen) atoms. The average Bonchev–Trinajstić information content (AvgIpc) is 4.00. The predicted molar refractivity (Wildman–Crippen MR) is 227 cm³/mol. The van der Waals surface area contributed by atoms with Gasteiger partial charge in [0.2, 0.25) is 22.4 Å². The highest BCUT2D eigenvalue weighted by atomic mass is 35.5. The Labute approximate surface area is 366 Å². The predicted octanol–water partition coefficient (Wildman–Crippen LogP) is 1.84. The van der Waals surface area contributed by atoms with Gasteiger partial charge in [0.1, 0.15) is 24.4 Å². The molecule has 21 nitrogen and oxygen atoms in total. The van der Waals surface area contributed by atoms with Gasteiger partial charge in [-0.3, -0.25) is 9.59 Å². The second-order valence-electron chi connectivity index (χ2n) is 17.0. The molecule has 4 saturated carbocycles. The maximum Gasteiger partial charge on any atom is 0.315 e. The normalized spacial score (nSPS) is 31.2. The van der Waals surface area contributed by atoms with Crippen LogP contribution in [0.15, 0.2) is 12.7 Å². The van der Waals surface area contributed by atoms with Gasteiger partial charge < -0.3 is 61.5 Å². The largest absolute Gasteiger partial charge is 0.388 e. The van der Waals surface area contributed by atoms with E-state index in [1.807, 2.05) is 0 Å². The molecule has 4 aliphatic carbocycles. The van der Waals surface area contributed by atoms with Gasteiger partial charge in [-0.25, -0.2) is 14.8 Å². The number of amides is 4. The highest BCUT2D eigenvalue weighted by Gasteiger charge is 2.45. The zero-order valence-electron chi connectivity index (χ0n) is 34.4. The topological polar surface area (TPSA) is 292 Å². The van der Waals surface area contributed by atoms with E-state index >= 15 is 0 Å². The van der Waals surface area contributed by atoms with Gasteiger partial charge in [-0.05, 0) is 87.4 Å². The minimum atomic E-state index is -1.15. The third-order valence-electron chi connectivity index (χ3n) is 12.9. The summed E-state index contributed by atoms with van der Waals surface area (Å²) >= 11 is 12.7. The van der Waals surface area contributed by atoms with Crippen LogP contribution in [-0.4, -0.2) is 138 Å². The number of aromatic nitrogens is 8. The second kappa shape index (κ2) is 18.6. The van der Waals surface area contributed by atoms with Crippen molar-refractivity contribution in [1.29, 1.82) is 0 Å². The molecule has 0 saturated heterocycles. The average molecular weight is 902 g/mol. The van der Waals surface area contributed by atoms with E-state index in [1.165, 1.54) is 0 Å². The fourth-order valence-electron chi connectivity index (χ4n) is 9.50. The summed E-state index contributed by atoms with van der Waals surface area (Å²) in [5, 5.41) is 61.8. The number of anilines is 2. The van der Waals surface area contributed by atoms with Crippen LogP contribution in [0.3, 0.4) is 0 Å². The number of aliphatic hydroxyl groups is 4. The number of fused-ring (bicyclic) bond motifs is 2. The summed E-state index contributed by atoms with van der Waals surface area (Å²) in [4.78, 5) is 63.8. The Morgan fingerprint density at radius 1 is 0.581 bits per heavy atom. The van der Waals surface area contributed by atoms with Gasteiger partial charge in [-0.15, -0.1) is 0 Å². The van der Waals surface area contributed by atoms with Crippen molar-refractivity contribution in [3.8, 4) is 0 Å². The van der Waals surface area contributed by atoms with Crippen LogP contribution < -0.4 is 31.9 Å². The van der Waals surface area contributed by atoms with E-state index in [0.717, 1.165) is 51.4 Å². The van der Waals surface area contributed by atoms with E-state index in [4.69, 9.17) is 23.2 Å². The number of carbonyl (C=O) groups excluding carboxylic acids is 3. The van der Waals surface area contributed by atoms with E-state index in [2.05, 4.69) is 61.8 Å². The standard InChI is InChI=1S/C39H54Cl2N14O7/c1-3-25(56)48-21-13-23(31(60)29(21)58)54-15-42-27-33(50-37(40)52-35(27)54)44-17-5-9-19(10-6-17)46-39(62)47-20-11-7-18(8-12-20)45-34-28-36(53-38(41)51-34)55(16-43-28)24-14-22(30(59)32(24)61)49-26(57)4-2/h15-24,29-32,58-61H,3-14H2,1-2H3,(H,48,56)(H,49,57)(H,44,50,52)(H,45,51,53)(H2,46,47,62)/t17-,18-,19-,20-,21-,22-,23+,24+,29+,30+,31-,32-/m0/s1. The van der Waals surface area contributed by atoms with Crippen molar-refractivity contribution < 1.29 is 34.8 Å². The van der Waals surface area contributed by atoms with Gasteiger partial charge in [0.05, 0.1) is 36.8 Å². The summed E-state index contributed by atoms with van der Waals surface area (Å²) in [6.45, 7) is 3.44. The molecule has 4 aromatic heterocycles. The maximum atomic E-state index is 13.1. The smallest absolute Gasteiger partial charge is 0.315 e. The first kappa shape index (κ1) is 44.0. The molecule has 0 aliphatic heterocycles. The molecule has 4 heterocycles. The third-order valence-corrected chi connectivity index (χ3v) is 13.3. The monoisotopic (exact) mass is 900 g/mol. The quantitative estimate of drug-likeness (QED) is 0.0908. The van der Waals surface area contributed by atoms with Crippen LogP contribution in [0.5, 0.6) is 0 Å². The second-order valence-corrected chi connectivity index (χ2v) is 17.6. The van der Waals surface area contributed by atoms with Gasteiger partial charge >= 0.3 is 6.03 Å². The van der Waals surface area contributed by atoms with E-state index < -0.39 is 48.6 Å². The van der Waals surface area contributed by atoms with E-state index in [9.17, 15) is 34.8 Å². The number of nitrogens with one attached hydrogen (secondary N) is 6. The number of carbonyl (C=O) groups is 3. The number of nitrogens with zero attached hydrogens (tertiary/aromatic N) is 8. The van der Waals surface area contributed by atoms with Gasteiger partial charge in [0.25, 0.3) is 0 Å². The summed E-state index contributed by atoms with van der Waals surface area (Å²) in [6, 6.07) is -2.53. The van der Waals surface area contributed by atoms with Crippen LogP contribution in [0.2, 0.25) is 10.6 Å². The number of imidazole rings is 2. The SMILES string of the molecule is CCC(=O)N[C@H]1C[C@@H](n2cnc3c(N[C@H]4CC[C@H](NC(=O)N[C@H]5CC[C@H](Nc6nc(Cl)nc7c6ncn7[C@@H]6C[C@H](NC(=O)CC)[C@@H](O)[C@H]6O)CC5)CC4)nc(Cl)nc32)[C@H](O)[C@@H]1O. The Morgan fingerprint density at radius 3 is 1.32 bits per heavy atom. The Bertz CT molecular complexity index is 2110. The van der Waals surface area contributed by atoms with Crippen molar-refractivity contribution in [2.45, 2.75) is 164 Å². The first-order valence-corrected chi connectivity index (χ1v) is 22.3. The lowest BCUT2D eigenvalue weighted by atomic mass is 9.90. The Kier molecular flexibility index (Phi) is 13.2. The molecule has 4 aliphatic rings. The van der Waals surface area contributed by atoms with E-state index in [1.54, 1.807) is 35.6 Å².